The number of nitrogens with zero attached hydrogens (tertiary/aromatic N) is 2. The zero-order chi connectivity index (χ0) is 13.8. The van der Waals surface area contributed by atoms with Crippen molar-refractivity contribution in [2.24, 2.45) is 0 Å². The Morgan fingerprint density at radius 2 is 2.00 bits per heavy atom. The first-order valence-corrected chi connectivity index (χ1v) is 5.69. The lowest BCUT2D eigenvalue weighted by Gasteiger charge is -2.15. The monoisotopic (exact) mass is 259 g/mol. The Labute approximate surface area is 109 Å². The van der Waals surface area contributed by atoms with Gasteiger partial charge in [-0.3, -0.25) is 4.98 Å². The van der Waals surface area contributed by atoms with Gasteiger partial charge in [-0.25, -0.2) is 8.78 Å². The number of hydrogen-bond acceptors (Lipinski definition) is 3. The van der Waals surface area contributed by atoms with Gasteiger partial charge in [-0.2, -0.15) is 5.26 Å². The molecular weight excluding hydrogens is 248 g/mol. The summed E-state index contributed by atoms with van der Waals surface area (Å²) < 4.78 is 27.2. The molecule has 2 aromatic rings. The standard InChI is InChI=1S/C14H11F2N3/c1-9(11-4-2-3-7-18-11)19-12-6-5-10(8-17)13(15)14(12)16/h2-7,9,19H,1H3. The molecule has 19 heavy (non-hydrogen) atoms. The van der Waals surface area contributed by atoms with Crippen LogP contribution in [0.15, 0.2) is 36.5 Å². The average Bonchev–Trinajstić information content (AvgIpc) is 2.45. The number of pyridine rings is 1. The Hall–Kier alpha value is -2.48. The minimum absolute atomic E-state index is 0.00894. The fourth-order valence-electron chi connectivity index (χ4n) is 1.69. The predicted molar refractivity (Wildman–Crippen MR) is 67.3 cm³/mol. The molecule has 0 amide bonds. The van der Waals surface area contributed by atoms with Gasteiger partial charge in [-0.1, -0.05) is 6.07 Å². The second-order valence-corrected chi connectivity index (χ2v) is 4.02. The van der Waals surface area contributed by atoms with Crippen molar-refractivity contribution < 1.29 is 8.78 Å². The Kier molecular flexibility index (Phi) is 3.71. The average molecular weight is 259 g/mol. The molecule has 0 radical (unpaired) electrons. The van der Waals surface area contributed by atoms with E-state index in [1.807, 2.05) is 6.07 Å². The van der Waals surface area contributed by atoms with Gasteiger partial charge in [0.2, 0.25) is 0 Å². The van der Waals surface area contributed by atoms with Gasteiger partial charge in [0.1, 0.15) is 6.07 Å². The first kappa shape index (κ1) is 13.0. The molecule has 0 saturated heterocycles. The number of benzene rings is 1. The molecule has 1 N–H and O–H groups in total. The summed E-state index contributed by atoms with van der Waals surface area (Å²) in [5, 5.41) is 11.4. The molecule has 1 heterocycles. The van der Waals surface area contributed by atoms with Crippen LogP contribution in [-0.4, -0.2) is 4.98 Å². The third-order valence-electron chi connectivity index (χ3n) is 2.71. The maximum Gasteiger partial charge on any atom is 0.183 e. The largest absolute Gasteiger partial charge is 0.374 e. The second kappa shape index (κ2) is 5.44. The molecule has 0 saturated carbocycles. The smallest absolute Gasteiger partial charge is 0.183 e. The molecule has 0 aliphatic carbocycles. The summed E-state index contributed by atoms with van der Waals surface area (Å²) in [4.78, 5) is 4.13. The highest BCUT2D eigenvalue weighted by Crippen LogP contribution is 2.24. The summed E-state index contributed by atoms with van der Waals surface area (Å²) in [5.74, 6) is -2.19. The van der Waals surface area contributed by atoms with Crippen LogP contribution in [0, 0.1) is 23.0 Å². The molecule has 0 bridgehead atoms. The lowest BCUT2D eigenvalue weighted by Crippen LogP contribution is -2.10. The van der Waals surface area contributed by atoms with E-state index in [0.29, 0.717) is 5.69 Å². The molecule has 0 fully saturated rings. The van der Waals surface area contributed by atoms with Crippen molar-refractivity contribution in [1.29, 1.82) is 5.26 Å². The first-order chi connectivity index (χ1) is 9.13. The number of hydrogen-bond donors (Lipinski definition) is 1. The quantitative estimate of drug-likeness (QED) is 0.918. The van der Waals surface area contributed by atoms with E-state index in [1.54, 1.807) is 31.3 Å². The van der Waals surface area contributed by atoms with Crippen LogP contribution in [-0.2, 0) is 0 Å². The molecule has 0 aliphatic rings. The fraction of sp³-hybridized carbons (Fsp3) is 0.143. The van der Waals surface area contributed by atoms with Crippen molar-refractivity contribution in [3.05, 3.63) is 59.4 Å². The number of rotatable bonds is 3. The van der Waals surface area contributed by atoms with Crippen LogP contribution in [0.1, 0.15) is 24.2 Å². The molecule has 0 aliphatic heterocycles. The Morgan fingerprint density at radius 3 is 2.63 bits per heavy atom. The molecule has 5 heteroatoms. The van der Waals surface area contributed by atoms with E-state index in [1.165, 1.54) is 12.1 Å². The number of anilines is 1. The van der Waals surface area contributed by atoms with E-state index < -0.39 is 11.6 Å². The maximum atomic E-state index is 13.7. The van der Waals surface area contributed by atoms with E-state index in [0.717, 1.165) is 0 Å². The summed E-state index contributed by atoms with van der Waals surface area (Å²) in [6.45, 7) is 1.79. The van der Waals surface area contributed by atoms with Crippen LogP contribution < -0.4 is 5.32 Å². The Balaban J connectivity index is 2.26. The molecule has 1 unspecified atom stereocenters. The van der Waals surface area contributed by atoms with Crippen molar-refractivity contribution in [3.8, 4) is 6.07 Å². The van der Waals surface area contributed by atoms with Gasteiger partial charge in [0, 0.05) is 6.20 Å². The third kappa shape index (κ3) is 2.68. The van der Waals surface area contributed by atoms with Gasteiger partial charge in [-0.05, 0) is 31.2 Å². The summed E-state index contributed by atoms with van der Waals surface area (Å²) in [7, 11) is 0. The fourth-order valence-corrected chi connectivity index (χ4v) is 1.69. The van der Waals surface area contributed by atoms with E-state index >= 15 is 0 Å². The van der Waals surface area contributed by atoms with Crippen LogP contribution in [0.5, 0.6) is 0 Å². The van der Waals surface area contributed by atoms with Crippen LogP contribution in [0.2, 0.25) is 0 Å². The number of halogens is 2. The van der Waals surface area contributed by atoms with Gasteiger partial charge >= 0.3 is 0 Å². The molecule has 1 aromatic carbocycles. The SMILES string of the molecule is CC(Nc1ccc(C#N)c(F)c1F)c1ccccn1. The second-order valence-electron chi connectivity index (χ2n) is 4.02. The highest BCUT2D eigenvalue weighted by Gasteiger charge is 2.15. The summed E-state index contributed by atoms with van der Waals surface area (Å²) in [5.41, 5.74) is 0.412. The molecule has 1 atom stereocenters. The summed E-state index contributed by atoms with van der Waals surface area (Å²) in [6, 6.07) is 9.28. The van der Waals surface area contributed by atoms with Gasteiger partial charge in [0.25, 0.3) is 0 Å². The van der Waals surface area contributed by atoms with Crippen molar-refractivity contribution in [3.63, 3.8) is 0 Å². The maximum absolute atomic E-state index is 13.7. The number of aromatic nitrogens is 1. The van der Waals surface area contributed by atoms with Crippen LogP contribution >= 0.6 is 0 Å². The van der Waals surface area contributed by atoms with Crippen molar-refractivity contribution in [1.82, 2.24) is 4.98 Å². The van der Waals surface area contributed by atoms with Crippen molar-refractivity contribution >= 4 is 5.69 Å². The predicted octanol–water partition coefficient (Wildman–Crippen LogP) is 3.40. The van der Waals surface area contributed by atoms with Gasteiger partial charge in [-0.15, -0.1) is 0 Å². The lowest BCUT2D eigenvalue weighted by molar-refractivity contribution is 0.507. The van der Waals surface area contributed by atoms with Gasteiger partial charge < -0.3 is 5.32 Å². The first-order valence-electron chi connectivity index (χ1n) is 5.69. The molecule has 1 aromatic heterocycles. The zero-order valence-electron chi connectivity index (χ0n) is 10.2. The molecule has 3 nitrogen and oxygen atoms in total. The summed E-state index contributed by atoms with van der Waals surface area (Å²) >= 11 is 0. The van der Waals surface area contributed by atoms with Gasteiger partial charge in [0.05, 0.1) is 23.0 Å². The molecular formula is C14H11F2N3. The van der Waals surface area contributed by atoms with E-state index in [9.17, 15) is 8.78 Å². The Bertz CT molecular complexity index is 621. The normalized spacial score (nSPS) is 11.7. The van der Waals surface area contributed by atoms with E-state index in [4.69, 9.17) is 5.26 Å². The lowest BCUT2D eigenvalue weighted by atomic mass is 10.1. The minimum Gasteiger partial charge on any atom is -0.374 e. The Morgan fingerprint density at radius 1 is 1.21 bits per heavy atom. The number of nitriles is 1. The van der Waals surface area contributed by atoms with E-state index in [-0.39, 0.29) is 17.3 Å². The van der Waals surface area contributed by atoms with Gasteiger partial charge in [0.15, 0.2) is 11.6 Å². The van der Waals surface area contributed by atoms with Crippen LogP contribution in [0.3, 0.4) is 0 Å². The zero-order valence-corrected chi connectivity index (χ0v) is 10.2. The highest BCUT2D eigenvalue weighted by atomic mass is 19.2. The minimum atomic E-state index is -1.14. The van der Waals surface area contributed by atoms with Crippen molar-refractivity contribution in [2.75, 3.05) is 5.32 Å². The van der Waals surface area contributed by atoms with E-state index in [2.05, 4.69) is 10.3 Å². The van der Waals surface area contributed by atoms with Crippen molar-refractivity contribution in [2.45, 2.75) is 13.0 Å². The molecule has 0 spiro atoms. The topological polar surface area (TPSA) is 48.7 Å². The molecule has 2 rings (SSSR count). The van der Waals surface area contributed by atoms with Crippen LogP contribution in [0.25, 0.3) is 0 Å². The number of nitrogens with one attached hydrogen (secondary N) is 1. The van der Waals surface area contributed by atoms with Crippen LogP contribution in [0.4, 0.5) is 14.5 Å². The molecule has 96 valence electrons. The highest BCUT2D eigenvalue weighted by molar-refractivity contribution is 5.50. The third-order valence-corrected chi connectivity index (χ3v) is 2.71. The summed E-state index contributed by atoms with van der Waals surface area (Å²) in [6.07, 6.45) is 1.63.